The minimum atomic E-state index is 0.734. The van der Waals surface area contributed by atoms with E-state index in [2.05, 4.69) is 22.2 Å². The highest BCUT2D eigenvalue weighted by atomic mass is 35.5. The predicted molar refractivity (Wildman–Crippen MR) is 78.4 cm³/mol. The molecule has 0 unspecified atom stereocenters. The number of hydrogen-bond acceptors (Lipinski definition) is 3. The van der Waals surface area contributed by atoms with Crippen molar-refractivity contribution in [2.45, 2.75) is 26.8 Å². The van der Waals surface area contributed by atoms with Gasteiger partial charge in [0, 0.05) is 23.7 Å². The van der Waals surface area contributed by atoms with Gasteiger partial charge in [0.05, 0.1) is 5.69 Å². The van der Waals surface area contributed by atoms with Crippen LogP contribution in [-0.4, -0.2) is 16.5 Å². The van der Waals surface area contributed by atoms with Gasteiger partial charge in [-0.3, -0.25) is 0 Å². The lowest BCUT2D eigenvalue weighted by Crippen LogP contribution is -2.14. The van der Waals surface area contributed by atoms with Crippen LogP contribution >= 0.6 is 11.6 Å². The van der Waals surface area contributed by atoms with Crippen molar-refractivity contribution < 1.29 is 0 Å². The largest absolute Gasteiger partial charge is 0.311 e. The molecular weight excluding hydrogens is 258 g/mol. The summed E-state index contributed by atoms with van der Waals surface area (Å²) < 4.78 is 0. The van der Waals surface area contributed by atoms with Crippen LogP contribution in [0.15, 0.2) is 30.3 Å². The monoisotopic (exact) mass is 275 g/mol. The first-order valence-corrected chi connectivity index (χ1v) is 6.83. The van der Waals surface area contributed by atoms with Crippen LogP contribution in [0.1, 0.15) is 29.7 Å². The van der Waals surface area contributed by atoms with Crippen molar-refractivity contribution in [3.05, 3.63) is 58.1 Å². The Bertz CT molecular complexity index is 538. The molecule has 0 amide bonds. The van der Waals surface area contributed by atoms with Crippen LogP contribution in [0.5, 0.6) is 0 Å². The van der Waals surface area contributed by atoms with Gasteiger partial charge in [-0.15, -0.1) is 0 Å². The van der Waals surface area contributed by atoms with Crippen molar-refractivity contribution in [2.75, 3.05) is 6.54 Å². The third kappa shape index (κ3) is 4.30. The fraction of sp³-hybridized carbons (Fsp3) is 0.333. The van der Waals surface area contributed by atoms with E-state index in [1.54, 1.807) is 0 Å². The highest BCUT2D eigenvalue weighted by Crippen LogP contribution is 2.12. The Balaban J connectivity index is 2.15. The molecule has 100 valence electrons. The lowest BCUT2D eigenvalue weighted by atomic mass is 10.1. The normalized spacial score (nSPS) is 10.7. The molecule has 2 rings (SSSR count). The predicted octanol–water partition coefficient (Wildman–Crippen LogP) is 3.14. The summed E-state index contributed by atoms with van der Waals surface area (Å²) in [5.41, 5.74) is 3.22. The molecule has 0 aliphatic heterocycles. The zero-order valence-electron chi connectivity index (χ0n) is 11.3. The van der Waals surface area contributed by atoms with E-state index < -0.39 is 0 Å². The second kappa shape index (κ2) is 6.64. The molecule has 1 N–H and O–H groups in total. The SMILES string of the molecule is CCNCc1cc(C)nc(Cc2ccc(Cl)cc2)n1. The van der Waals surface area contributed by atoms with E-state index in [-0.39, 0.29) is 0 Å². The van der Waals surface area contributed by atoms with Crippen LogP contribution in [0.4, 0.5) is 0 Å². The van der Waals surface area contributed by atoms with Gasteiger partial charge in [0.2, 0.25) is 0 Å². The van der Waals surface area contributed by atoms with E-state index in [9.17, 15) is 0 Å². The molecule has 0 saturated heterocycles. The Morgan fingerprint density at radius 1 is 1.16 bits per heavy atom. The Hall–Kier alpha value is -1.45. The van der Waals surface area contributed by atoms with Crippen molar-refractivity contribution >= 4 is 11.6 Å². The van der Waals surface area contributed by atoms with E-state index in [0.29, 0.717) is 0 Å². The maximum atomic E-state index is 5.88. The van der Waals surface area contributed by atoms with Gasteiger partial charge >= 0.3 is 0 Å². The lowest BCUT2D eigenvalue weighted by molar-refractivity contribution is 0.700. The highest BCUT2D eigenvalue weighted by molar-refractivity contribution is 6.30. The van der Waals surface area contributed by atoms with Crippen molar-refractivity contribution in [3.8, 4) is 0 Å². The van der Waals surface area contributed by atoms with Gasteiger partial charge < -0.3 is 5.32 Å². The van der Waals surface area contributed by atoms with Crippen molar-refractivity contribution in [1.29, 1.82) is 0 Å². The zero-order chi connectivity index (χ0) is 13.7. The molecule has 0 atom stereocenters. The number of halogens is 1. The molecule has 0 aliphatic rings. The van der Waals surface area contributed by atoms with Crippen molar-refractivity contribution in [3.63, 3.8) is 0 Å². The summed E-state index contributed by atoms with van der Waals surface area (Å²) in [5, 5.41) is 4.03. The molecule has 1 heterocycles. The molecule has 0 aliphatic carbocycles. The molecular formula is C15H18ClN3. The summed E-state index contributed by atoms with van der Waals surface area (Å²) in [6.07, 6.45) is 0.734. The second-order valence-corrected chi connectivity index (χ2v) is 4.94. The number of nitrogens with one attached hydrogen (secondary N) is 1. The maximum absolute atomic E-state index is 5.88. The number of aromatic nitrogens is 2. The smallest absolute Gasteiger partial charge is 0.133 e. The van der Waals surface area contributed by atoms with Crippen LogP contribution in [0, 0.1) is 6.92 Å². The van der Waals surface area contributed by atoms with E-state index in [0.717, 1.165) is 41.7 Å². The Morgan fingerprint density at radius 3 is 2.58 bits per heavy atom. The first-order chi connectivity index (χ1) is 9.17. The highest BCUT2D eigenvalue weighted by Gasteiger charge is 2.03. The standard InChI is InChI=1S/C15H18ClN3/c1-3-17-10-14-8-11(2)18-15(19-14)9-12-4-6-13(16)7-5-12/h4-8,17H,3,9-10H2,1-2H3. The summed E-state index contributed by atoms with van der Waals surface area (Å²) in [7, 11) is 0. The number of nitrogens with zero attached hydrogens (tertiary/aromatic N) is 2. The molecule has 0 bridgehead atoms. The fourth-order valence-corrected chi connectivity index (χ4v) is 2.03. The third-order valence-electron chi connectivity index (χ3n) is 2.79. The molecule has 4 heteroatoms. The van der Waals surface area contributed by atoms with Gasteiger partial charge in [-0.2, -0.15) is 0 Å². The quantitative estimate of drug-likeness (QED) is 0.911. The van der Waals surface area contributed by atoms with Crippen LogP contribution in [0.25, 0.3) is 0 Å². The summed E-state index contributed by atoms with van der Waals surface area (Å²) in [6.45, 7) is 5.81. The average Bonchev–Trinajstić information content (AvgIpc) is 2.38. The number of benzene rings is 1. The van der Waals surface area contributed by atoms with Gasteiger partial charge in [-0.1, -0.05) is 30.7 Å². The van der Waals surface area contributed by atoms with Gasteiger partial charge in [-0.05, 0) is 37.2 Å². The van der Waals surface area contributed by atoms with E-state index in [1.165, 1.54) is 5.56 Å². The Labute approximate surface area is 119 Å². The molecule has 2 aromatic rings. The van der Waals surface area contributed by atoms with Gasteiger partial charge in [0.25, 0.3) is 0 Å². The topological polar surface area (TPSA) is 37.8 Å². The number of aryl methyl sites for hydroxylation is 1. The summed E-state index contributed by atoms with van der Waals surface area (Å²) >= 11 is 5.88. The van der Waals surface area contributed by atoms with E-state index >= 15 is 0 Å². The summed E-state index contributed by atoms with van der Waals surface area (Å²) in [5.74, 6) is 0.857. The molecule has 0 saturated carbocycles. The first kappa shape index (κ1) is 14.0. The fourth-order valence-electron chi connectivity index (χ4n) is 1.91. The van der Waals surface area contributed by atoms with Crippen LogP contribution in [-0.2, 0) is 13.0 Å². The minimum absolute atomic E-state index is 0.734. The number of rotatable bonds is 5. The molecule has 19 heavy (non-hydrogen) atoms. The molecule has 0 fully saturated rings. The lowest BCUT2D eigenvalue weighted by Gasteiger charge is -2.07. The molecule has 1 aromatic heterocycles. The van der Waals surface area contributed by atoms with Crippen molar-refractivity contribution in [1.82, 2.24) is 15.3 Å². The van der Waals surface area contributed by atoms with E-state index in [1.807, 2.05) is 37.3 Å². The number of hydrogen-bond donors (Lipinski definition) is 1. The Kier molecular flexibility index (Phi) is 4.88. The van der Waals surface area contributed by atoms with Gasteiger partial charge in [-0.25, -0.2) is 9.97 Å². The molecule has 1 aromatic carbocycles. The molecule has 0 radical (unpaired) electrons. The summed E-state index contributed by atoms with van der Waals surface area (Å²) in [6, 6.07) is 9.84. The first-order valence-electron chi connectivity index (χ1n) is 6.46. The third-order valence-corrected chi connectivity index (χ3v) is 3.04. The zero-order valence-corrected chi connectivity index (χ0v) is 12.0. The maximum Gasteiger partial charge on any atom is 0.133 e. The minimum Gasteiger partial charge on any atom is -0.311 e. The average molecular weight is 276 g/mol. The van der Waals surface area contributed by atoms with Crippen LogP contribution < -0.4 is 5.32 Å². The summed E-state index contributed by atoms with van der Waals surface area (Å²) in [4.78, 5) is 9.07. The molecule has 0 spiro atoms. The van der Waals surface area contributed by atoms with Gasteiger partial charge in [0.15, 0.2) is 0 Å². The van der Waals surface area contributed by atoms with Crippen LogP contribution in [0.2, 0.25) is 5.02 Å². The van der Waals surface area contributed by atoms with Gasteiger partial charge in [0.1, 0.15) is 5.82 Å². The van der Waals surface area contributed by atoms with Crippen LogP contribution in [0.3, 0.4) is 0 Å². The second-order valence-electron chi connectivity index (χ2n) is 4.50. The van der Waals surface area contributed by atoms with E-state index in [4.69, 9.17) is 11.6 Å². The molecule has 3 nitrogen and oxygen atoms in total. The Morgan fingerprint density at radius 2 is 1.89 bits per heavy atom. The van der Waals surface area contributed by atoms with Crippen molar-refractivity contribution in [2.24, 2.45) is 0 Å².